The zero-order chi connectivity index (χ0) is 15.6. The van der Waals surface area contributed by atoms with Gasteiger partial charge in [0.25, 0.3) is 0 Å². The Kier molecular flexibility index (Phi) is 5.31. The molecule has 0 amide bonds. The minimum absolute atomic E-state index is 0.197. The summed E-state index contributed by atoms with van der Waals surface area (Å²) in [6.45, 7) is 7.15. The molecule has 1 aromatic heterocycles. The summed E-state index contributed by atoms with van der Waals surface area (Å²) in [5.74, 6) is 0. The van der Waals surface area contributed by atoms with Gasteiger partial charge in [-0.15, -0.1) is 0 Å². The van der Waals surface area contributed by atoms with Gasteiger partial charge in [-0.1, -0.05) is 36.2 Å². The quantitative estimate of drug-likeness (QED) is 0.891. The number of nitrogens with one attached hydrogen (secondary N) is 1. The van der Waals surface area contributed by atoms with Crippen LogP contribution in [0.5, 0.6) is 0 Å². The molecule has 114 valence electrons. The van der Waals surface area contributed by atoms with Gasteiger partial charge in [0.15, 0.2) is 0 Å². The van der Waals surface area contributed by atoms with Crippen molar-refractivity contribution < 1.29 is 0 Å². The summed E-state index contributed by atoms with van der Waals surface area (Å²) in [5, 5.41) is 9.43. The number of likely N-dealkylation sites (N-methyl/N-ethyl adjacent to an activating group) is 1. The van der Waals surface area contributed by atoms with Crippen LogP contribution in [-0.4, -0.2) is 16.3 Å². The van der Waals surface area contributed by atoms with Crippen molar-refractivity contribution in [2.75, 3.05) is 6.54 Å². The molecule has 21 heavy (non-hydrogen) atoms. The fourth-order valence-corrected chi connectivity index (χ4v) is 3.21. The van der Waals surface area contributed by atoms with Gasteiger partial charge in [-0.3, -0.25) is 4.68 Å². The van der Waals surface area contributed by atoms with Gasteiger partial charge in [0.05, 0.1) is 5.69 Å². The molecule has 0 radical (unpaired) electrons. The van der Waals surface area contributed by atoms with E-state index in [1.807, 2.05) is 23.9 Å². The van der Waals surface area contributed by atoms with E-state index in [1.165, 1.54) is 11.3 Å². The molecule has 0 spiro atoms. The Labute approximate surface area is 136 Å². The Bertz CT molecular complexity index is 635. The molecule has 1 unspecified atom stereocenters. The van der Waals surface area contributed by atoms with Gasteiger partial charge in [0.2, 0.25) is 0 Å². The SMILES string of the molecule is CCNC(Cc1ccc(Cl)cc1Cl)c1c(C)nn(C)c1C. The number of halogens is 2. The van der Waals surface area contributed by atoms with E-state index in [0.717, 1.165) is 24.2 Å². The average Bonchev–Trinajstić information content (AvgIpc) is 2.66. The summed E-state index contributed by atoms with van der Waals surface area (Å²) >= 11 is 12.3. The van der Waals surface area contributed by atoms with E-state index in [0.29, 0.717) is 10.0 Å². The van der Waals surface area contributed by atoms with Crippen molar-refractivity contribution in [2.24, 2.45) is 7.05 Å². The third kappa shape index (κ3) is 3.60. The van der Waals surface area contributed by atoms with E-state index >= 15 is 0 Å². The summed E-state index contributed by atoms with van der Waals surface area (Å²) < 4.78 is 1.93. The number of hydrogen-bond acceptors (Lipinski definition) is 2. The van der Waals surface area contributed by atoms with Gasteiger partial charge in [0.1, 0.15) is 0 Å². The maximum atomic E-state index is 6.31. The second kappa shape index (κ2) is 6.82. The van der Waals surface area contributed by atoms with Crippen LogP contribution in [0.1, 0.15) is 35.5 Å². The molecule has 2 rings (SSSR count). The maximum absolute atomic E-state index is 6.31. The van der Waals surface area contributed by atoms with Crippen molar-refractivity contribution in [1.82, 2.24) is 15.1 Å². The van der Waals surface area contributed by atoms with Crippen molar-refractivity contribution in [3.8, 4) is 0 Å². The second-order valence-electron chi connectivity index (χ2n) is 5.26. The number of aromatic nitrogens is 2. The van der Waals surface area contributed by atoms with Gasteiger partial charge in [0, 0.05) is 34.4 Å². The van der Waals surface area contributed by atoms with Crippen LogP contribution in [0.4, 0.5) is 0 Å². The predicted octanol–water partition coefficient (Wildman–Crippen LogP) is 4.24. The molecular weight excluding hydrogens is 305 g/mol. The van der Waals surface area contributed by atoms with Crippen LogP contribution in [-0.2, 0) is 13.5 Å². The summed E-state index contributed by atoms with van der Waals surface area (Å²) in [5.41, 5.74) is 4.59. The van der Waals surface area contributed by atoms with Gasteiger partial charge >= 0.3 is 0 Å². The lowest BCUT2D eigenvalue weighted by atomic mass is 9.97. The highest BCUT2D eigenvalue weighted by Gasteiger charge is 2.20. The third-order valence-electron chi connectivity index (χ3n) is 3.80. The van der Waals surface area contributed by atoms with Crippen molar-refractivity contribution in [1.29, 1.82) is 0 Å². The Morgan fingerprint density at radius 1 is 1.29 bits per heavy atom. The van der Waals surface area contributed by atoms with E-state index in [1.54, 1.807) is 6.07 Å². The van der Waals surface area contributed by atoms with Gasteiger partial charge < -0.3 is 5.32 Å². The van der Waals surface area contributed by atoms with E-state index in [9.17, 15) is 0 Å². The van der Waals surface area contributed by atoms with E-state index in [-0.39, 0.29) is 6.04 Å². The number of hydrogen-bond donors (Lipinski definition) is 1. The lowest BCUT2D eigenvalue weighted by Crippen LogP contribution is -2.24. The molecule has 0 saturated heterocycles. The molecule has 3 nitrogen and oxygen atoms in total. The lowest BCUT2D eigenvalue weighted by molar-refractivity contribution is 0.544. The molecule has 1 N–H and O–H groups in total. The first-order chi connectivity index (χ1) is 9.93. The minimum Gasteiger partial charge on any atom is -0.310 e. The molecule has 0 saturated carbocycles. The fraction of sp³-hybridized carbons (Fsp3) is 0.438. The summed E-state index contributed by atoms with van der Waals surface area (Å²) in [6, 6.07) is 5.87. The lowest BCUT2D eigenvalue weighted by Gasteiger charge is -2.20. The van der Waals surface area contributed by atoms with E-state index < -0.39 is 0 Å². The molecule has 1 atom stereocenters. The molecule has 0 aliphatic rings. The molecule has 2 aromatic rings. The Hall–Kier alpha value is -1.03. The standard InChI is InChI=1S/C16H21Cl2N3/c1-5-19-15(16-10(2)20-21(4)11(16)3)8-12-6-7-13(17)9-14(12)18/h6-7,9,15,19H,5,8H2,1-4H3. The number of rotatable bonds is 5. The van der Waals surface area contributed by atoms with Crippen molar-refractivity contribution in [3.63, 3.8) is 0 Å². The summed E-state index contributed by atoms with van der Waals surface area (Å²) in [7, 11) is 1.98. The predicted molar refractivity (Wildman–Crippen MR) is 89.3 cm³/mol. The van der Waals surface area contributed by atoms with Gasteiger partial charge in [-0.2, -0.15) is 5.10 Å². The average molecular weight is 326 g/mol. The molecule has 0 aliphatic carbocycles. The highest BCUT2D eigenvalue weighted by Crippen LogP contribution is 2.29. The summed E-state index contributed by atoms with van der Waals surface area (Å²) in [4.78, 5) is 0. The molecule has 0 bridgehead atoms. The van der Waals surface area contributed by atoms with E-state index in [2.05, 4.69) is 31.2 Å². The third-order valence-corrected chi connectivity index (χ3v) is 4.39. The van der Waals surface area contributed by atoms with Crippen LogP contribution < -0.4 is 5.32 Å². The van der Waals surface area contributed by atoms with Crippen LogP contribution in [0.2, 0.25) is 10.0 Å². The van der Waals surface area contributed by atoms with E-state index in [4.69, 9.17) is 23.2 Å². The Morgan fingerprint density at radius 2 is 2.00 bits per heavy atom. The van der Waals surface area contributed by atoms with Gasteiger partial charge in [-0.05, 0) is 44.5 Å². The zero-order valence-corrected chi connectivity index (χ0v) is 14.4. The number of benzene rings is 1. The van der Waals surface area contributed by atoms with Crippen molar-refractivity contribution in [3.05, 3.63) is 50.8 Å². The van der Waals surface area contributed by atoms with Gasteiger partial charge in [-0.25, -0.2) is 0 Å². The van der Waals surface area contributed by atoms with Crippen molar-refractivity contribution >= 4 is 23.2 Å². The summed E-state index contributed by atoms with van der Waals surface area (Å²) in [6.07, 6.45) is 0.817. The normalized spacial score (nSPS) is 12.7. The largest absolute Gasteiger partial charge is 0.310 e. The Balaban J connectivity index is 2.35. The van der Waals surface area contributed by atoms with Crippen molar-refractivity contribution in [2.45, 2.75) is 33.2 Å². The first-order valence-electron chi connectivity index (χ1n) is 7.11. The second-order valence-corrected chi connectivity index (χ2v) is 6.10. The van der Waals surface area contributed by atoms with Crippen LogP contribution in [0.25, 0.3) is 0 Å². The fourth-order valence-electron chi connectivity index (χ4n) is 2.72. The Morgan fingerprint density at radius 3 is 2.52 bits per heavy atom. The smallest absolute Gasteiger partial charge is 0.0644 e. The molecule has 1 aromatic carbocycles. The molecule has 1 heterocycles. The highest BCUT2D eigenvalue weighted by molar-refractivity contribution is 6.35. The van der Waals surface area contributed by atoms with Crippen LogP contribution in [0, 0.1) is 13.8 Å². The first kappa shape index (κ1) is 16.3. The number of aryl methyl sites for hydroxylation is 2. The van der Waals surface area contributed by atoms with Crippen LogP contribution in [0.15, 0.2) is 18.2 Å². The zero-order valence-electron chi connectivity index (χ0n) is 12.9. The molecular formula is C16H21Cl2N3. The van der Waals surface area contributed by atoms with Crippen LogP contribution >= 0.6 is 23.2 Å². The molecule has 5 heteroatoms. The molecule has 0 fully saturated rings. The van der Waals surface area contributed by atoms with Crippen LogP contribution in [0.3, 0.4) is 0 Å². The minimum atomic E-state index is 0.197. The highest BCUT2D eigenvalue weighted by atomic mass is 35.5. The monoisotopic (exact) mass is 325 g/mol. The maximum Gasteiger partial charge on any atom is 0.0644 e. The topological polar surface area (TPSA) is 29.9 Å². The first-order valence-corrected chi connectivity index (χ1v) is 7.87. The molecule has 0 aliphatic heterocycles. The number of nitrogens with zero attached hydrogens (tertiary/aromatic N) is 2.